The maximum absolute atomic E-state index is 13.4. The number of amides is 2. The monoisotopic (exact) mass is 410 g/mol. The third-order valence-corrected chi connectivity index (χ3v) is 4.69. The largest absolute Gasteiger partial charge is 0.495 e. The molecule has 0 saturated carbocycles. The SMILES string of the molecule is CCCNC(=O)Nc1cc(C(=O)c2cn(C(C)C)c3ncnc(N)c23)ccc1OC. The molecular formula is C21H26N6O3. The van der Waals surface area contributed by atoms with Gasteiger partial charge in [-0.25, -0.2) is 14.8 Å². The molecule has 3 rings (SSSR count). The molecule has 0 unspecified atom stereocenters. The van der Waals surface area contributed by atoms with E-state index in [0.29, 0.717) is 40.1 Å². The normalized spacial score (nSPS) is 11.0. The Bertz CT molecular complexity index is 1090. The van der Waals surface area contributed by atoms with Crippen LogP contribution in [-0.4, -0.2) is 40.0 Å². The number of hydrogen-bond donors (Lipinski definition) is 3. The van der Waals surface area contributed by atoms with E-state index in [0.717, 1.165) is 6.42 Å². The molecule has 2 aromatic heterocycles. The zero-order valence-corrected chi connectivity index (χ0v) is 17.5. The molecule has 1 aromatic carbocycles. The minimum atomic E-state index is -0.367. The Balaban J connectivity index is 2.03. The zero-order valence-electron chi connectivity index (χ0n) is 17.5. The maximum Gasteiger partial charge on any atom is 0.319 e. The van der Waals surface area contributed by atoms with Gasteiger partial charge in [-0.2, -0.15) is 0 Å². The van der Waals surface area contributed by atoms with E-state index in [-0.39, 0.29) is 23.7 Å². The summed E-state index contributed by atoms with van der Waals surface area (Å²) in [7, 11) is 1.50. The zero-order chi connectivity index (χ0) is 21.8. The van der Waals surface area contributed by atoms with Crippen molar-refractivity contribution in [2.75, 3.05) is 24.7 Å². The summed E-state index contributed by atoms with van der Waals surface area (Å²) in [4.78, 5) is 33.8. The minimum absolute atomic E-state index is 0.0821. The fraction of sp³-hybridized carbons (Fsp3) is 0.333. The van der Waals surface area contributed by atoms with Crippen molar-refractivity contribution in [3.63, 3.8) is 0 Å². The quantitative estimate of drug-likeness (QED) is 0.513. The number of urea groups is 1. The van der Waals surface area contributed by atoms with Gasteiger partial charge in [0.1, 0.15) is 23.5 Å². The lowest BCUT2D eigenvalue weighted by atomic mass is 10.0. The number of aromatic nitrogens is 3. The predicted octanol–water partition coefficient (Wildman–Crippen LogP) is 3.37. The lowest BCUT2D eigenvalue weighted by Gasteiger charge is -2.12. The number of rotatable bonds is 7. The second-order valence-electron chi connectivity index (χ2n) is 7.13. The summed E-state index contributed by atoms with van der Waals surface area (Å²) in [6, 6.07) is 4.59. The number of nitrogen functional groups attached to an aromatic ring is 1. The fourth-order valence-corrected chi connectivity index (χ4v) is 3.18. The second kappa shape index (κ2) is 8.81. The molecule has 0 saturated heterocycles. The molecule has 0 spiro atoms. The van der Waals surface area contributed by atoms with E-state index >= 15 is 0 Å². The summed E-state index contributed by atoms with van der Waals surface area (Å²) in [5.74, 6) is 0.444. The number of benzene rings is 1. The van der Waals surface area contributed by atoms with Crippen molar-refractivity contribution in [3.05, 3.63) is 41.9 Å². The highest BCUT2D eigenvalue weighted by molar-refractivity contribution is 6.18. The molecule has 2 heterocycles. The first kappa shape index (κ1) is 21.1. The van der Waals surface area contributed by atoms with Crippen LogP contribution in [0.15, 0.2) is 30.7 Å². The van der Waals surface area contributed by atoms with E-state index in [4.69, 9.17) is 10.5 Å². The number of carbonyl (C=O) groups excluding carboxylic acids is 2. The van der Waals surface area contributed by atoms with Crippen LogP contribution in [0.4, 0.5) is 16.3 Å². The predicted molar refractivity (Wildman–Crippen MR) is 116 cm³/mol. The lowest BCUT2D eigenvalue weighted by Crippen LogP contribution is -2.29. The van der Waals surface area contributed by atoms with Crippen LogP contribution in [0.1, 0.15) is 49.2 Å². The first-order valence-electron chi connectivity index (χ1n) is 9.75. The molecule has 3 aromatic rings. The number of ether oxygens (including phenoxy) is 1. The van der Waals surface area contributed by atoms with Crippen LogP contribution in [0.25, 0.3) is 11.0 Å². The van der Waals surface area contributed by atoms with Gasteiger partial charge in [0.05, 0.1) is 23.7 Å². The van der Waals surface area contributed by atoms with Crippen LogP contribution in [0.3, 0.4) is 0 Å². The third-order valence-electron chi connectivity index (χ3n) is 4.69. The number of nitrogens with one attached hydrogen (secondary N) is 2. The number of nitrogens with zero attached hydrogens (tertiary/aromatic N) is 3. The van der Waals surface area contributed by atoms with Gasteiger partial charge in [-0.1, -0.05) is 6.92 Å². The average Bonchev–Trinajstić information content (AvgIpc) is 3.13. The molecule has 9 heteroatoms. The van der Waals surface area contributed by atoms with Gasteiger partial charge in [0.15, 0.2) is 5.78 Å². The molecule has 30 heavy (non-hydrogen) atoms. The molecule has 158 valence electrons. The van der Waals surface area contributed by atoms with E-state index in [2.05, 4.69) is 20.6 Å². The van der Waals surface area contributed by atoms with Crippen LogP contribution in [0.5, 0.6) is 5.75 Å². The highest BCUT2D eigenvalue weighted by atomic mass is 16.5. The molecule has 0 aliphatic rings. The Hall–Kier alpha value is -3.62. The summed E-state index contributed by atoms with van der Waals surface area (Å²) < 4.78 is 7.21. The van der Waals surface area contributed by atoms with Gasteiger partial charge in [-0.05, 0) is 38.5 Å². The number of hydrogen-bond acceptors (Lipinski definition) is 6. The van der Waals surface area contributed by atoms with E-state index in [9.17, 15) is 9.59 Å². The van der Waals surface area contributed by atoms with Gasteiger partial charge < -0.3 is 25.7 Å². The Morgan fingerprint density at radius 2 is 2.03 bits per heavy atom. The van der Waals surface area contributed by atoms with Crippen molar-refractivity contribution in [1.29, 1.82) is 0 Å². The lowest BCUT2D eigenvalue weighted by molar-refractivity contribution is 0.104. The summed E-state index contributed by atoms with van der Waals surface area (Å²) in [5, 5.41) is 5.98. The fourth-order valence-electron chi connectivity index (χ4n) is 3.18. The van der Waals surface area contributed by atoms with Crippen LogP contribution >= 0.6 is 0 Å². The van der Waals surface area contributed by atoms with Crippen LogP contribution in [0.2, 0.25) is 0 Å². The molecule has 2 amide bonds. The van der Waals surface area contributed by atoms with Gasteiger partial charge in [-0.3, -0.25) is 4.79 Å². The van der Waals surface area contributed by atoms with E-state index in [1.165, 1.54) is 13.4 Å². The molecule has 0 aliphatic heterocycles. The van der Waals surface area contributed by atoms with Gasteiger partial charge >= 0.3 is 6.03 Å². The summed E-state index contributed by atoms with van der Waals surface area (Å²) in [6.45, 7) is 6.50. The molecule has 9 nitrogen and oxygen atoms in total. The maximum atomic E-state index is 13.4. The highest BCUT2D eigenvalue weighted by Crippen LogP contribution is 2.31. The number of ketones is 1. The van der Waals surface area contributed by atoms with Crippen molar-refractivity contribution in [3.8, 4) is 5.75 Å². The molecule has 0 radical (unpaired) electrons. The second-order valence-corrected chi connectivity index (χ2v) is 7.13. The van der Waals surface area contributed by atoms with E-state index < -0.39 is 0 Å². The molecule has 4 N–H and O–H groups in total. The minimum Gasteiger partial charge on any atom is -0.495 e. The number of methoxy groups -OCH3 is 1. The van der Waals surface area contributed by atoms with Crippen molar-refractivity contribution in [1.82, 2.24) is 19.9 Å². The first-order valence-corrected chi connectivity index (χ1v) is 9.75. The topological polar surface area (TPSA) is 124 Å². The smallest absolute Gasteiger partial charge is 0.319 e. The Kier molecular flexibility index (Phi) is 6.20. The summed E-state index contributed by atoms with van der Waals surface area (Å²) >= 11 is 0. The molecule has 0 fully saturated rings. The third kappa shape index (κ3) is 4.05. The van der Waals surface area contributed by atoms with Gasteiger partial charge in [0.2, 0.25) is 0 Å². The number of carbonyl (C=O) groups is 2. The summed E-state index contributed by atoms with van der Waals surface area (Å²) in [6.07, 6.45) is 3.94. The Morgan fingerprint density at radius 1 is 1.27 bits per heavy atom. The van der Waals surface area contributed by atoms with Crippen molar-refractivity contribution in [2.45, 2.75) is 33.2 Å². The van der Waals surface area contributed by atoms with E-state index in [1.807, 2.05) is 25.3 Å². The number of fused-ring (bicyclic) bond motifs is 1. The van der Waals surface area contributed by atoms with Crippen LogP contribution in [0, 0.1) is 0 Å². The van der Waals surface area contributed by atoms with Crippen molar-refractivity contribution in [2.24, 2.45) is 0 Å². The number of nitrogens with two attached hydrogens (primary N) is 1. The van der Waals surface area contributed by atoms with Gasteiger partial charge in [-0.15, -0.1) is 0 Å². The Morgan fingerprint density at radius 3 is 2.70 bits per heavy atom. The molecule has 0 bridgehead atoms. The highest BCUT2D eigenvalue weighted by Gasteiger charge is 2.22. The average molecular weight is 410 g/mol. The van der Waals surface area contributed by atoms with Crippen molar-refractivity contribution < 1.29 is 14.3 Å². The van der Waals surface area contributed by atoms with Gasteiger partial charge in [0, 0.05) is 24.3 Å². The summed E-state index contributed by atoms with van der Waals surface area (Å²) in [5.41, 5.74) is 7.86. The molecule has 0 atom stereocenters. The van der Waals surface area contributed by atoms with Crippen LogP contribution < -0.4 is 21.1 Å². The molecular weight excluding hydrogens is 384 g/mol. The van der Waals surface area contributed by atoms with Crippen molar-refractivity contribution >= 4 is 34.4 Å². The van der Waals surface area contributed by atoms with E-state index in [1.54, 1.807) is 24.4 Å². The molecule has 0 aliphatic carbocycles. The number of anilines is 2. The van der Waals surface area contributed by atoms with Gasteiger partial charge in [0.25, 0.3) is 0 Å². The first-order chi connectivity index (χ1) is 14.4. The Labute approximate surface area is 174 Å². The standard InChI is InChI=1S/C21H26N6O3/c1-5-8-23-21(29)26-15-9-13(6-7-16(15)30-4)18(28)14-10-27(12(2)3)20-17(14)19(22)24-11-25-20/h6-7,9-12H,5,8H2,1-4H3,(H2,22,24,25)(H2,23,26,29). The van der Waals surface area contributed by atoms with Crippen LogP contribution in [-0.2, 0) is 0 Å².